The van der Waals surface area contributed by atoms with Crippen molar-refractivity contribution in [1.29, 1.82) is 0 Å². The maximum atomic E-state index is 15.1. The van der Waals surface area contributed by atoms with Crippen molar-refractivity contribution in [2.75, 3.05) is 24.6 Å². The maximum Gasteiger partial charge on any atom is 0.296 e. The lowest BCUT2D eigenvalue weighted by molar-refractivity contribution is -0.136. The highest BCUT2D eigenvalue weighted by molar-refractivity contribution is 7.86. The van der Waals surface area contributed by atoms with E-state index < -0.39 is 34.2 Å². The highest BCUT2D eigenvalue weighted by atomic mass is 32.2. The van der Waals surface area contributed by atoms with Gasteiger partial charge in [0.1, 0.15) is 12.2 Å². The molecular formula is C26H28FN3O6S. The van der Waals surface area contributed by atoms with Gasteiger partial charge in [0.25, 0.3) is 16.0 Å². The second kappa shape index (κ2) is 9.86. The lowest BCUT2D eigenvalue weighted by Gasteiger charge is -2.36. The van der Waals surface area contributed by atoms with E-state index in [0.717, 1.165) is 11.1 Å². The third-order valence-corrected chi connectivity index (χ3v) is 8.60. The lowest BCUT2D eigenvalue weighted by Crippen LogP contribution is -2.52. The number of piperidine rings is 2. The van der Waals surface area contributed by atoms with Gasteiger partial charge in [-0.05, 0) is 49.6 Å². The van der Waals surface area contributed by atoms with Crippen LogP contribution in [0.1, 0.15) is 40.7 Å². The first-order valence-electron chi connectivity index (χ1n) is 12.2. The van der Waals surface area contributed by atoms with Gasteiger partial charge in [0.05, 0.1) is 11.5 Å². The standard InChI is InChI=1S/C26H28FN3O6S/c1-16-2-6-20(7-3-16)37(34,35)36-15-18-10-11-29(14-22(18)27)19-5-4-17-13-30(26(33)21(17)12-19)23-8-9-24(31)28-25(23)32/h2-7,12,18,22-23H,8-11,13-15H2,1H3,(H,28,31,32)/t18-,22+,23?/m1/s1. The average molecular weight is 530 g/mol. The first-order chi connectivity index (χ1) is 17.6. The summed E-state index contributed by atoms with van der Waals surface area (Å²) in [4.78, 5) is 40.2. The van der Waals surface area contributed by atoms with E-state index in [4.69, 9.17) is 4.18 Å². The number of carbonyl (C=O) groups excluding carboxylic acids is 3. The predicted octanol–water partition coefficient (Wildman–Crippen LogP) is 2.33. The Balaban J connectivity index is 1.21. The highest BCUT2D eigenvalue weighted by Crippen LogP contribution is 2.33. The number of alkyl halides is 1. The molecule has 2 aromatic carbocycles. The Hall–Kier alpha value is -3.31. The molecule has 1 unspecified atom stereocenters. The first-order valence-corrected chi connectivity index (χ1v) is 13.7. The number of fused-ring (bicyclic) bond motifs is 1. The predicted molar refractivity (Wildman–Crippen MR) is 132 cm³/mol. The molecule has 0 radical (unpaired) electrons. The van der Waals surface area contributed by atoms with Crippen molar-refractivity contribution in [1.82, 2.24) is 10.2 Å². The van der Waals surface area contributed by atoms with Crippen molar-refractivity contribution >= 4 is 33.5 Å². The lowest BCUT2D eigenvalue weighted by atomic mass is 9.95. The fourth-order valence-corrected chi connectivity index (χ4v) is 6.02. The maximum absolute atomic E-state index is 15.1. The molecule has 0 aromatic heterocycles. The van der Waals surface area contributed by atoms with Crippen molar-refractivity contribution in [2.45, 2.75) is 49.8 Å². The highest BCUT2D eigenvalue weighted by Gasteiger charge is 2.39. The number of benzene rings is 2. The van der Waals surface area contributed by atoms with Crippen LogP contribution in [0, 0.1) is 12.8 Å². The Labute approximate surface area is 214 Å². The van der Waals surface area contributed by atoms with Gasteiger partial charge in [0.2, 0.25) is 11.8 Å². The third-order valence-electron chi connectivity index (χ3n) is 7.30. The summed E-state index contributed by atoms with van der Waals surface area (Å²) in [6.07, 6.45) is -0.454. The first kappa shape index (κ1) is 25.3. The summed E-state index contributed by atoms with van der Waals surface area (Å²) in [5, 5.41) is 2.29. The molecule has 3 heterocycles. The van der Waals surface area contributed by atoms with Crippen LogP contribution in [0.2, 0.25) is 0 Å². The average Bonchev–Trinajstić information content (AvgIpc) is 3.19. The topological polar surface area (TPSA) is 113 Å². The van der Waals surface area contributed by atoms with Crippen molar-refractivity contribution in [3.8, 4) is 0 Å². The summed E-state index contributed by atoms with van der Waals surface area (Å²) in [6, 6.07) is 11.0. The largest absolute Gasteiger partial charge is 0.369 e. The number of hydrogen-bond acceptors (Lipinski definition) is 7. The smallest absolute Gasteiger partial charge is 0.296 e. The molecule has 11 heteroatoms. The molecule has 2 aromatic rings. The van der Waals surface area contributed by atoms with Crippen LogP contribution < -0.4 is 10.2 Å². The van der Waals surface area contributed by atoms with Gasteiger partial charge in [-0.2, -0.15) is 8.42 Å². The molecule has 1 N–H and O–H groups in total. The van der Waals surface area contributed by atoms with E-state index >= 15 is 4.39 Å². The zero-order chi connectivity index (χ0) is 26.3. The van der Waals surface area contributed by atoms with Crippen LogP contribution in [0.5, 0.6) is 0 Å². The van der Waals surface area contributed by atoms with Crippen LogP contribution in [0.4, 0.5) is 10.1 Å². The van der Waals surface area contributed by atoms with Gasteiger partial charge >= 0.3 is 0 Å². The van der Waals surface area contributed by atoms with Crippen LogP contribution in [0.15, 0.2) is 47.4 Å². The van der Waals surface area contributed by atoms with Gasteiger partial charge in [-0.1, -0.05) is 23.8 Å². The van der Waals surface area contributed by atoms with Gasteiger partial charge in [0.15, 0.2) is 0 Å². The Morgan fingerprint density at radius 1 is 1.08 bits per heavy atom. The summed E-state index contributed by atoms with van der Waals surface area (Å²) >= 11 is 0. The van der Waals surface area contributed by atoms with E-state index in [0.29, 0.717) is 24.2 Å². The molecule has 37 heavy (non-hydrogen) atoms. The monoisotopic (exact) mass is 529 g/mol. The molecule has 3 amide bonds. The fraction of sp³-hybridized carbons (Fsp3) is 0.423. The van der Waals surface area contributed by atoms with E-state index in [9.17, 15) is 22.8 Å². The molecule has 2 saturated heterocycles. The van der Waals surface area contributed by atoms with E-state index in [2.05, 4.69) is 5.32 Å². The van der Waals surface area contributed by atoms with Crippen molar-refractivity contribution in [2.24, 2.45) is 5.92 Å². The number of anilines is 1. The van der Waals surface area contributed by atoms with Crippen LogP contribution in [-0.2, 0) is 30.4 Å². The number of nitrogens with zero attached hydrogens (tertiary/aromatic N) is 2. The normalized spacial score (nSPS) is 24.3. The SMILES string of the molecule is Cc1ccc(S(=O)(=O)OC[C@H]2CCN(c3ccc4c(c3)C(=O)N(C3CCC(=O)NC3=O)C4)C[C@@H]2F)cc1. The quantitative estimate of drug-likeness (QED) is 0.451. The number of aryl methyl sites for hydroxylation is 1. The summed E-state index contributed by atoms with van der Waals surface area (Å²) in [5.74, 6) is -1.66. The Morgan fingerprint density at radius 2 is 1.84 bits per heavy atom. The van der Waals surface area contributed by atoms with Gasteiger partial charge in [-0.3, -0.25) is 23.9 Å². The summed E-state index contributed by atoms with van der Waals surface area (Å²) in [5.41, 5.74) is 2.85. The van der Waals surface area contributed by atoms with Crippen molar-refractivity contribution in [3.63, 3.8) is 0 Å². The molecule has 196 valence electrons. The van der Waals surface area contributed by atoms with Crippen molar-refractivity contribution < 1.29 is 31.4 Å². The van der Waals surface area contributed by atoms with Gasteiger partial charge < -0.3 is 9.80 Å². The third kappa shape index (κ3) is 5.10. The number of imide groups is 1. The second-order valence-corrected chi connectivity index (χ2v) is 11.4. The van der Waals surface area contributed by atoms with E-state index in [-0.39, 0.29) is 49.2 Å². The summed E-state index contributed by atoms with van der Waals surface area (Å²) in [6.45, 7) is 2.41. The minimum Gasteiger partial charge on any atom is -0.369 e. The van der Waals surface area contributed by atoms with E-state index in [1.54, 1.807) is 18.2 Å². The number of carbonyl (C=O) groups is 3. The zero-order valence-electron chi connectivity index (χ0n) is 20.4. The summed E-state index contributed by atoms with van der Waals surface area (Å²) < 4.78 is 45.2. The molecule has 9 nitrogen and oxygen atoms in total. The molecule has 0 bridgehead atoms. The molecule has 2 fully saturated rings. The minimum atomic E-state index is -3.97. The molecule has 0 aliphatic carbocycles. The molecule has 3 aliphatic rings. The molecule has 3 aliphatic heterocycles. The number of hydrogen-bond donors (Lipinski definition) is 1. The Kier molecular flexibility index (Phi) is 6.76. The van der Waals surface area contributed by atoms with Crippen LogP contribution in [0.3, 0.4) is 0 Å². The van der Waals surface area contributed by atoms with Crippen LogP contribution in [-0.4, -0.2) is 62.9 Å². The minimum absolute atomic E-state index is 0.0418. The second-order valence-electron chi connectivity index (χ2n) is 9.80. The fourth-order valence-electron chi connectivity index (χ4n) is 5.06. The molecule has 0 spiro atoms. The number of nitrogens with one attached hydrogen (secondary N) is 1. The Morgan fingerprint density at radius 3 is 2.54 bits per heavy atom. The number of rotatable bonds is 6. The van der Waals surface area contributed by atoms with Gasteiger partial charge in [-0.15, -0.1) is 0 Å². The van der Waals surface area contributed by atoms with E-state index in [1.165, 1.54) is 17.0 Å². The molecule has 0 saturated carbocycles. The summed E-state index contributed by atoms with van der Waals surface area (Å²) in [7, 11) is -3.97. The van der Waals surface area contributed by atoms with Gasteiger partial charge in [-0.25, -0.2) is 4.39 Å². The molecular weight excluding hydrogens is 501 g/mol. The van der Waals surface area contributed by atoms with Crippen molar-refractivity contribution in [3.05, 3.63) is 59.2 Å². The Bertz CT molecular complexity index is 1350. The van der Waals surface area contributed by atoms with E-state index in [1.807, 2.05) is 24.0 Å². The van der Waals surface area contributed by atoms with Crippen LogP contribution >= 0.6 is 0 Å². The zero-order valence-corrected chi connectivity index (χ0v) is 21.2. The molecule has 3 atom stereocenters. The van der Waals surface area contributed by atoms with Crippen LogP contribution in [0.25, 0.3) is 0 Å². The number of halogens is 1. The molecule has 5 rings (SSSR count). The number of amides is 3. The van der Waals surface area contributed by atoms with Gasteiger partial charge in [0, 0.05) is 43.2 Å².